The molecule has 0 spiro atoms. The number of aromatic nitrogens is 1. The molecule has 0 radical (unpaired) electrons. The molecule has 0 amide bonds. The van der Waals surface area contributed by atoms with Gasteiger partial charge < -0.3 is 9.72 Å². The number of ether oxygens (including phenoxy) is 1. The van der Waals surface area contributed by atoms with Crippen molar-refractivity contribution in [3.63, 3.8) is 0 Å². The second-order valence-corrected chi connectivity index (χ2v) is 3.47. The predicted octanol–water partition coefficient (Wildman–Crippen LogP) is 2.97. The topological polar surface area (TPSA) is 42.1 Å². The number of methoxy groups -OCH3 is 1. The number of carbonyl (C=O) groups is 1. The lowest BCUT2D eigenvalue weighted by atomic mass is 10.1. The third-order valence-electron chi connectivity index (χ3n) is 2.35. The standard InChI is InChI=1S/C11H8F3NO2/c1-17-10(16)7-3-2-6-5-9(11(12,13)14)15-8(6)4-7/h2-5,15H,1H3. The van der Waals surface area contributed by atoms with Crippen LogP contribution in [0.3, 0.4) is 0 Å². The number of H-pyrrole nitrogens is 1. The Morgan fingerprint density at radius 3 is 2.59 bits per heavy atom. The zero-order valence-electron chi connectivity index (χ0n) is 8.76. The molecule has 2 rings (SSSR count). The summed E-state index contributed by atoms with van der Waals surface area (Å²) in [7, 11) is 1.21. The Kier molecular flexibility index (Phi) is 2.57. The first-order valence-corrected chi connectivity index (χ1v) is 4.70. The van der Waals surface area contributed by atoms with E-state index in [0.29, 0.717) is 5.39 Å². The van der Waals surface area contributed by atoms with Gasteiger partial charge in [0.1, 0.15) is 5.69 Å². The number of rotatable bonds is 1. The number of fused-ring (bicyclic) bond motifs is 1. The maximum absolute atomic E-state index is 12.4. The molecule has 0 bridgehead atoms. The molecule has 0 atom stereocenters. The van der Waals surface area contributed by atoms with Crippen molar-refractivity contribution in [2.24, 2.45) is 0 Å². The van der Waals surface area contributed by atoms with Crippen LogP contribution in [0.2, 0.25) is 0 Å². The Morgan fingerprint density at radius 2 is 2.00 bits per heavy atom. The smallest absolute Gasteiger partial charge is 0.431 e. The van der Waals surface area contributed by atoms with Gasteiger partial charge in [-0.2, -0.15) is 13.2 Å². The fraction of sp³-hybridized carbons (Fsp3) is 0.182. The van der Waals surface area contributed by atoms with Gasteiger partial charge in [0.05, 0.1) is 12.7 Å². The number of carbonyl (C=O) groups excluding carboxylic acids is 1. The molecule has 6 heteroatoms. The minimum Gasteiger partial charge on any atom is -0.465 e. The van der Waals surface area contributed by atoms with Crippen molar-refractivity contribution in [3.05, 3.63) is 35.5 Å². The molecule has 0 saturated carbocycles. The van der Waals surface area contributed by atoms with Crippen molar-refractivity contribution in [1.82, 2.24) is 4.98 Å². The first kappa shape index (κ1) is 11.5. The van der Waals surface area contributed by atoms with Crippen molar-refractivity contribution >= 4 is 16.9 Å². The molecule has 17 heavy (non-hydrogen) atoms. The molecule has 90 valence electrons. The van der Waals surface area contributed by atoms with Crippen LogP contribution in [0, 0.1) is 0 Å². The van der Waals surface area contributed by atoms with Crippen LogP contribution in [0.25, 0.3) is 10.9 Å². The SMILES string of the molecule is COC(=O)c1ccc2cc(C(F)(F)F)[nH]c2c1. The summed E-state index contributed by atoms with van der Waals surface area (Å²) >= 11 is 0. The Hall–Kier alpha value is -1.98. The molecule has 3 nitrogen and oxygen atoms in total. The van der Waals surface area contributed by atoms with Gasteiger partial charge in [-0.3, -0.25) is 0 Å². The van der Waals surface area contributed by atoms with Gasteiger partial charge in [-0.15, -0.1) is 0 Å². The van der Waals surface area contributed by atoms with E-state index in [9.17, 15) is 18.0 Å². The van der Waals surface area contributed by atoms with Crippen LogP contribution >= 0.6 is 0 Å². The summed E-state index contributed by atoms with van der Waals surface area (Å²) in [6, 6.07) is 5.18. The van der Waals surface area contributed by atoms with Crippen LogP contribution in [-0.2, 0) is 10.9 Å². The highest BCUT2D eigenvalue weighted by molar-refractivity contribution is 5.94. The molecule has 0 aliphatic carbocycles. The molecule has 1 aromatic heterocycles. The highest BCUT2D eigenvalue weighted by Gasteiger charge is 2.32. The highest BCUT2D eigenvalue weighted by Crippen LogP contribution is 2.31. The summed E-state index contributed by atoms with van der Waals surface area (Å²) in [5.41, 5.74) is -0.384. The summed E-state index contributed by atoms with van der Waals surface area (Å²) in [4.78, 5) is 13.4. The van der Waals surface area contributed by atoms with E-state index in [0.717, 1.165) is 6.07 Å². The molecule has 0 saturated heterocycles. The number of benzene rings is 1. The van der Waals surface area contributed by atoms with Gasteiger partial charge >= 0.3 is 12.1 Å². The Bertz CT molecular complexity index is 572. The molecular formula is C11H8F3NO2. The largest absolute Gasteiger partial charge is 0.465 e. The first-order chi connectivity index (χ1) is 7.91. The lowest BCUT2D eigenvalue weighted by Gasteiger charge is -2.01. The Labute approximate surface area is 94.2 Å². The van der Waals surface area contributed by atoms with E-state index in [1.807, 2.05) is 0 Å². The predicted molar refractivity (Wildman–Crippen MR) is 54.6 cm³/mol. The van der Waals surface area contributed by atoms with E-state index in [1.54, 1.807) is 0 Å². The van der Waals surface area contributed by atoms with E-state index in [1.165, 1.54) is 25.3 Å². The molecular weight excluding hydrogens is 235 g/mol. The number of halogens is 3. The average molecular weight is 243 g/mol. The van der Waals surface area contributed by atoms with E-state index in [2.05, 4.69) is 9.72 Å². The van der Waals surface area contributed by atoms with Crippen LogP contribution in [0.15, 0.2) is 24.3 Å². The molecule has 0 aliphatic heterocycles. The van der Waals surface area contributed by atoms with Crippen molar-refractivity contribution in [2.75, 3.05) is 7.11 Å². The minimum absolute atomic E-state index is 0.204. The summed E-state index contributed by atoms with van der Waals surface area (Å²) in [6.07, 6.45) is -4.43. The van der Waals surface area contributed by atoms with Gasteiger partial charge in [-0.1, -0.05) is 6.07 Å². The van der Waals surface area contributed by atoms with E-state index < -0.39 is 17.8 Å². The number of aromatic amines is 1. The van der Waals surface area contributed by atoms with E-state index >= 15 is 0 Å². The number of esters is 1. The number of alkyl halides is 3. The zero-order valence-corrected chi connectivity index (χ0v) is 8.76. The third-order valence-corrected chi connectivity index (χ3v) is 2.35. The molecule has 1 N–H and O–H groups in total. The molecule has 1 aromatic carbocycles. The molecule has 2 aromatic rings. The molecule has 0 unspecified atom stereocenters. The molecule has 0 fully saturated rings. The van der Waals surface area contributed by atoms with Crippen LogP contribution < -0.4 is 0 Å². The van der Waals surface area contributed by atoms with Crippen molar-refractivity contribution in [2.45, 2.75) is 6.18 Å². The van der Waals surface area contributed by atoms with E-state index in [-0.39, 0.29) is 11.1 Å². The summed E-state index contributed by atoms with van der Waals surface area (Å²) in [6.45, 7) is 0. The first-order valence-electron chi connectivity index (χ1n) is 4.70. The molecule has 1 heterocycles. The summed E-state index contributed by atoms with van der Waals surface area (Å²) in [5.74, 6) is -0.588. The summed E-state index contributed by atoms with van der Waals surface area (Å²) in [5, 5.41) is 0.393. The Balaban J connectivity index is 2.52. The number of hydrogen-bond acceptors (Lipinski definition) is 2. The highest BCUT2D eigenvalue weighted by atomic mass is 19.4. The van der Waals surface area contributed by atoms with Crippen molar-refractivity contribution in [3.8, 4) is 0 Å². The van der Waals surface area contributed by atoms with Crippen LogP contribution in [0.4, 0.5) is 13.2 Å². The monoisotopic (exact) mass is 243 g/mol. The Morgan fingerprint density at radius 1 is 1.29 bits per heavy atom. The minimum atomic E-state index is -4.43. The zero-order chi connectivity index (χ0) is 12.6. The normalized spacial score (nSPS) is 11.8. The van der Waals surface area contributed by atoms with Crippen molar-refractivity contribution < 1.29 is 22.7 Å². The average Bonchev–Trinajstić information content (AvgIpc) is 2.70. The maximum Gasteiger partial charge on any atom is 0.431 e. The maximum atomic E-state index is 12.4. The second kappa shape index (κ2) is 3.80. The number of hydrogen-bond donors (Lipinski definition) is 1. The quantitative estimate of drug-likeness (QED) is 0.782. The van der Waals surface area contributed by atoms with Crippen LogP contribution in [-0.4, -0.2) is 18.1 Å². The van der Waals surface area contributed by atoms with Gasteiger partial charge in [0, 0.05) is 10.9 Å². The van der Waals surface area contributed by atoms with Gasteiger partial charge in [-0.25, -0.2) is 4.79 Å². The second-order valence-electron chi connectivity index (χ2n) is 3.47. The lowest BCUT2D eigenvalue weighted by Crippen LogP contribution is -2.04. The van der Waals surface area contributed by atoms with Crippen LogP contribution in [0.5, 0.6) is 0 Å². The van der Waals surface area contributed by atoms with E-state index in [4.69, 9.17) is 0 Å². The van der Waals surface area contributed by atoms with Gasteiger partial charge in [0.15, 0.2) is 0 Å². The number of nitrogens with one attached hydrogen (secondary N) is 1. The van der Waals surface area contributed by atoms with Gasteiger partial charge in [0.2, 0.25) is 0 Å². The molecule has 0 aliphatic rings. The van der Waals surface area contributed by atoms with Gasteiger partial charge in [-0.05, 0) is 18.2 Å². The fourth-order valence-electron chi connectivity index (χ4n) is 1.52. The fourth-order valence-corrected chi connectivity index (χ4v) is 1.52. The van der Waals surface area contributed by atoms with Crippen LogP contribution in [0.1, 0.15) is 16.1 Å². The van der Waals surface area contributed by atoms with Gasteiger partial charge in [0.25, 0.3) is 0 Å². The summed E-state index contributed by atoms with van der Waals surface area (Å²) < 4.78 is 41.8. The third kappa shape index (κ3) is 2.11. The lowest BCUT2D eigenvalue weighted by molar-refractivity contribution is -0.140. The van der Waals surface area contributed by atoms with Crippen molar-refractivity contribution in [1.29, 1.82) is 0 Å².